The van der Waals surface area contributed by atoms with Crippen molar-refractivity contribution in [1.29, 1.82) is 0 Å². The fourth-order valence-electron chi connectivity index (χ4n) is 3.72. The highest BCUT2D eigenvalue weighted by atomic mass is 16.5. The second kappa shape index (κ2) is 8.45. The summed E-state index contributed by atoms with van der Waals surface area (Å²) < 4.78 is 5.40. The van der Waals surface area contributed by atoms with Crippen molar-refractivity contribution in [3.8, 4) is 0 Å². The molecule has 3 rings (SSSR count). The summed E-state index contributed by atoms with van der Waals surface area (Å²) >= 11 is 0. The molecule has 2 aliphatic heterocycles. The SMILES string of the molecule is CNCC1CCCN(C(=O)[C@H]2COCC(=O)N2Cc2ccccc2)C1. The van der Waals surface area contributed by atoms with Crippen molar-refractivity contribution in [2.45, 2.75) is 25.4 Å². The third-order valence-electron chi connectivity index (χ3n) is 5.00. The number of amides is 2. The van der Waals surface area contributed by atoms with Gasteiger partial charge in [0.05, 0.1) is 6.61 Å². The van der Waals surface area contributed by atoms with E-state index in [0.717, 1.165) is 38.0 Å². The van der Waals surface area contributed by atoms with Crippen LogP contribution in [-0.4, -0.2) is 67.6 Å². The quantitative estimate of drug-likeness (QED) is 0.860. The lowest BCUT2D eigenvalue weighted by molar-refractivity contribution is -0.160. The van der Waals surface area contributed by atoms with Gasteiger partial charge < -0.3 is 19.9 Å². The minimum Gasteiger partial charge on any atom is -0.369 e. The lowest BCUT2D eigenvalue weighted by atomic mass is 9.97. The van der Waals surface area contributed by atoms with Crippen LogP contribution in [0.2, 0.25) is 0 Å². The van der Waals surface area contributed by atoms with Crippen LogP contribution in [0.4, 0.5) is 0 Å². The number of ether oxygens (including phenoxy) is 1. The number of carbonyl (C=O) groups excluding carboxylic acids is 2. The Morgan fingerprint density at radius 3 is 2.88 bits per heavy atom. The van der Waals surface area contributed by atoms with Gasteiger partial charge in [-0.3, -0.25) is 9.59 Å². The highest BCUT2D eigenvalue weighted by Crippen LogP contribution is 2.20. The van der Waals surface area contributed by atoms with Gasteiger partial charge in [0.25, 0.3) is 0 Å². The number of piperidine rings is 1. The van der Waals surface area contributed by atoms with Crippen LogP contribution in [0.25, 0.3) is 0 Å². The maximum Gasteiger partial charge on any atom is 0.249 e. The molecule has 6 heteroatoms. The van der Waals surface area contributed by atoms with Crippen LogP contribution in [0.15, 0.2) is 30.3 Å². The molecule has 0 spiro atoms. The van der Waals surface area contributed by atoms with E-state index in [4.69, 9.17) is 4.74 Å². The maximum atomic E-state index is 13.1. The number of benzene rings is 1. The van der Waals surface area contributed by atoms with E-state index in [0.29, 0.717) is 12.5 Å². The van der Waals surface area contributed by atoms with Gasteiger partial charge in [0, 0.05) is 19.6 Å². The van der Waals surface area contributed by atoms with Gasteiger partial charge in [-0.1, -0.05) is 30.3 Å². The summed E-state index contributed by atoms with van der Waals surface area (Å²) in [5.41, 5.74) is 1.03. The average molecular weight is 345 g/mol. The number of hydrogen-bond donors (Lipinski definition) is 1. The smallest absolute Gasteiger partial charge is 0.249 e. The summed E-state index contributed by atoms with van der Waals surface area (Å²) in [6, 6.07) is 9.29. The molecule has 25 heavy (non-hydrogen) atoms. The first-order chi connectivity index (χ1) is 12.2. The summed E-state index contributed by atoms with van der Waals surface area (Å²) in [7, 11) is 1.94. The van der Waals surface area contributed by atoms with Crippen LogP contribution in [0.1, 0.15) is 18.4 Å². The van der Waals surface area contributed by atoms with E-state index in [1.807, 2.05) is 42.3 Å². The summed E-state index contributed by atoms with van der Waals surface area (Å²) in [5, 5.41) is 3.20. The third kappa shape index (κ3) is 4.38. The molecule has 2 amide bonds. The van der Waals surface area contributed by atoms with Gasteiger partial charge in [0.2, 0.25) is 11.8 Å². The predicted octanol–water partition coefficient (Wildman–Crippen LogP) is 0.872. The zero-order chi connectivity index (χ0) is 17.6. The molecule has 2 fully saturated rings. The van der Waals surface area contributed by atoms with Crippen molar-refractivity contribution in [3.05, 3.63) is 35.9 Å². The standard InChI is InChI=1S/C19H27N3O3/c1-20-10-16-8-5-9-21(11-16)19(24)17-13-25-14-18(23)22(17)12-15-6-3-2-4-7-15/h2-4,6-7,16-17,20H,5,8-14H2,1H3/t16?,17-/m1/s1. The van der Waals surface area contributed by atoms with Crippen molar-refractivity contribution in [2.75, 3.05) is 39.9 Å². The zero-order valence-electron chi connectivity index (χ0n) is 14.8. The monoisotopic (exact) mass is 345 g/mol. The molecule has 0 radical (unpaired) electrons. The molecule has 1 aromatic rings. The highest BCUT2D eigenvalue weighted by molar-refractivity contribution is 5.89. The van der Waals surface area contributed by atoms with Gasteiger partial charge >= 0.3 is 0 Å². The molecule has 0 bridgehead atoms. The summed E-state index contributed by atoms with van der Waals surface area (Å²) in [6.07, 6.45) is 2.15. The molecule has 136 valence electrons. The van der Waals surface area contributed by atoms with E-state index < -0.39 is 6.04 Å². The van der Waals surface area contributed by atoms with Gasteiger partial charge in [-0.15, -0.1) is 0 Å². The second-order valence-corrected chi connectivity index (χ2v) is 6.89. The fourth-order valence-corrected chi connectivity index (χ4v) is 3.72. The number of nitrogens with zero attached hydrogens (tertiary/aromatic N) is 2. The largest absolute Gasteiger partial charge is 0.369 e. The second-order valence-electron chi connectivity index (χ2n) is 6.89. The molecule has 0 aromatic heterocycles. The first-order valence-electron chi connectivity index (χ1n) is 9.03. The van der Waals surface area contributed by atoms with Gasteiger partial charge in [-0.25, -0.2) is 0 Å². The Balaban J connectivity index is 1.71. The van der Waals surface area contributed by atoms with Crippen molar-refractivity contribution in [1.82, 2.24) is 15.1 Å². The van der Waals surface area contributed by atoms with Crippen LogP contribution >= 0.6 is 0 Å². The van der Waals surface area contributed by atoms with Crippen molar-refractivity contribution in [3.63, 3.8) is 0 Å². The van der Waals surface area contributed by atoms with Crippen molar-refractivity contribution >= 4 is 11.8 Å². The van der Waals surface area contributed by atoms with E-state index >= 15 is 0 Å². The molecule has 2 saturated heterocycles. The molecule has 2 heterocycles. The molecular weight excluding hydrogens is 318 g/mol. The van der Waals surface area contributed by atoms with Crippen LogP contribution in [-0.2, 0) is 20.9 Å². The van der Waals surface area contributed by atoms with E-state index in [2.05, 4.69) is 5.32 Å². The van der Waals surface area contributed by atoms with Gasteiger partial charge in [-0.05, 0) is 37.9 Å². The molecule has 2 atom stereocenters. The normalized spacial score (nSPS) is 24.4. The van der Waals surface area contributed by atoms with Crippen molar-refractivity contribution in [2.24, 2.45) is 5.92 Å². The summed E-state index contributed by atoms with van der Waals surface area (Å²) in [5.74, 6) is 0.382. The molecule has 1 aromatic carbocycles. The Hall–Kier alpha value is -1.92. The lowest BCUT2D eigenvalue weighted by Gasteiger charge is -2.40. The topological polar surface area (TPSA) is 61.9 Å². The predicted molar refractivity (Wildman–Crippen MR) is 94.8 cm³/mol. The number of morpholine rings is 1. The number of carbonyl (C=O) groups is 2. The summed E-state index contributed by atoms with van der Waals surface area (Å²) in [4.78, 5) is 29.1. The summed E-state index contributed by atoms with van der Waals surface area (Å²) in [6.45, 7) is 3.22. The van der Waals surface area contributed by atoms with Crippen LogP contribution in [0.5, 0.6) is 0 Å². The van der Waals surface area contributed by atoms with E-state index in [1.54, 1.807) is 4.90 Å². The van der Waals surface area contributed by atoms with Gasteiger partial charge in [-0.2, -0.15) is 0 Å². The van der Waals surface area contributed by atoms with Gasteiger partial charge in [0.15, 0.2) is 0 Å². The molecule has 2 aliphatic rings. The molecule has 1 N–H and O–H groups in total. The number of nitrogens with one attached hydrogen (secondary N) is 1. The molecule has 0 saturated carbocycles. The van der Waals surface area contributed by atoms with Gasteiger partial charge in [0.1, 0.15) is 12.6 Å². The molecule has 1 unspecified atom stereocenters. The number of likely N-dealkylation sites (tertiary alicyclic amines) is 1. The van der Waals surface area contributed by atoms with Crippen LogP contribution in [0.3, 0.4) is 0 Å². The Bertz CT molecular complexity index is 591. The lowest BCUT2D eigenvalue weighted by Crippen LogP contribution is -2.58. The highest BCUT2D eigenvalue weighted by Gasteiger charge is 2.37. The molecule has 6 nitrogen and oxygen atoms in total. The third-order valence-corrected chi connectivity index (χ3v) is 5.00. The van der Waals surface area contributed by atoms with Crippen LogP contribution < -0.4 is 5.32 Å². The van der Waals surface area contributed by atoms with E-state index in [-0.39, 0.29) is 25.0 Å². The Morgan fingerprint density at radius 2 is 2.12 bits per heavy atom. The molecule has 0 aliphatic carbocycles. The van der Waals surface area contributed by atoms with Crippen molar-refractivity contribution < 1.29 is 14.3 Å². The molecular formula is C19H27N3O3. The first-order valence-corrected chi connectivity index (χ1v) is 9.03. The number of rotatable bonds is 5. The zero-order valence-corrected chi connectivity index (χ0v) is 14.8. The van der Waals surface area contributed by atoms with E-state index in [1.165, 1.54) is 0 Å². The van der Waals surface area contributed by atoms with E-state index in [9.17, 15) is 9.59 Å². The first kappa shape index (κ1) is 17.9. The Labute approximate surface area is 149 Å². The number of hydrogen-bond acceptors (Lipinski definition) is 4. The van der Waals surface area contributed by atoms with Crippen LogP contribution in [0, 0.1) is 5.92 Å². The maximum absolute atomic E-state index is 13.1. The Morgan fingerprint density at radius 1 is 1.32 bits per heavy atom. The fraction of sp³-hybridized carbons (Fsp3) is 0.579. The Kier molecular flexibility index (Phi) is 6.04. The minimum absolute atomic E-state index is 0.0183. The average Bonchev–Trinajstić information content (AvgIpc) is 2.64. The minimum atomic E-state index is -0.519.